The summed E-state index contributed by atoms with van der Waals surface area (Å²) in [5.74, 6) is -0.0934. The summed E-state index contributed by atoms with van der Waals surface area (Å²) in [5.41, 5.74) is 0.264. The number of rotatable bonds is 5. The molecule has 0 radical (unpaired) electrons. The van der Waals surface area contributed by atoms with Crippen molar-refractivity contribution in [2.24, 2.45) is 0 Å². The first-order chi connectivity index (χ1) is 9.63. The molecule has 1 aliphatic carbocycles. The van der Waals surface area contributed by atoms with Crippen LogP contribution >= 0.6 is 0 Å². The highest BCUT2D eigenvalue weighted by atomic mass is 16.5. The third kappa shape index (κ3) is 2.82. The molecule has 2 aliphatic rings. The molecule has 0 aromatic carbocycles. The second-order valence-electron chi connectivity index (χ2n) is 5.26. The molecular formula is C13H16N2O5. The van der Waals surface area contributed by atoms with Crippen molar-refractivity contribution < 1.29 is 24.0 Å². The quantitative estimate of drug-likeness (QED) is 0.831. The van der Waals surface area contributed by atoms with Crippen LogP contribution in [0.2, 0.25) is 0 Å². The van der Waals surface area contributed by atoms with E-state index in [0.717, 1.165) is 18.6 Å². The van der Waals surface area contributed by atoms with Gasteiger partial charge >= 0.3 is 5.97 Å². The Balaban J connectivity index is 1.48. The Morgan fingerprint density at radius 3 is 2.80 bits per heavy atom. The van der Waals surface area contributed by atoms with Crippen LogP contribution in [0.15, 0.2) is 10.6 Å². The maximum Gasteiger partial charge on any atom is 0.332 e. The standard InChI is InChI=1S/C13H16N2O5/c16-12(9-5-11(20-15-9)7-1-2-7)14-6-8-3-4-10(19-8)13(17)18/h5,7-8,10H,1-4,6H2,(H,14,16)(H,17,18). The van der Waals surface area contributed by atoms with Crippen LogP contribution in [0.3, 0.4) is 0 Å². The number of amides is 1. The van der Waals surface area contributed by atoms with Gasteiger partial charge in [-0.25, -0.2) is 4.79 Å². The summed E-state index contributed by atoms with van der Waals surface area (Å²) in [5, 5.41) is 15.2. The number of carboxylic acids is 1. The molecule has 2 atom stereocenters. The molecule has 7 nitrogen and oxygen atoms in total. The monoisotopic (exact) mass is 280 g/mol. The smallest absolute Gasteiger partial charge is 0.332 e. The number of aromatic nitrogens is 1. The Bertz CT molecular complexity index is 523. The Morgan fingerprint density at radius 1 is 1.35 bits per heavy atom. The van der Waals surface area contributed by atoms with Crippen LogP contribution in [0.4, 0.5) is 0 Å². The topological polar surface area (TPSA) is 102 Å². The summed E-state index contributed by atoms with van der Waals surface area (Å²) in [7, 11) is 0. The minimum absolute atomic E-state index is 0.255. The molecule has 7 heteroatoms. The molecule has 1 saturated carbocycles. The van der Waals surface area contributed by atoms with Crippen LogP contribution in [0.1, 0.15) is 47.8 Å². The van der Waals surface area contributed by atoms with E-state index in [-0.39, 0.29) is 24.2 Å². The zero-order chi connectivity index (χ0) is 14.1. The van der Waals surface area contributed by atoms with Gasteiger partial charge in [0.25, 0.3) is 5.91 Å². The van der Waals surface area contributed by atoms with Gasteiger partial charge in [0.05, 0.1) is 6.10 Å². The van der Waals surface area contributed by atoms with Gasteiger partial charge in [-0.05, 0) is 25.7 Å². The van der Waals surface area contributed by atoms with Crippen LogP contribution in [0, 0.1) is 0 Å². The fourth-order valence-electron chi connectivity index (χ4n) is 2.29. The maximum absolute atomic E-state index is 11.9. The normalized spacial score (nSPS) is 25.6. The van der Waals surface area contributed by atoms with Crippen molar-refractivity contribution >= 4 is 11.9 Å². The van der Waals surface area contributed by atoms with E-state index in [1.807, 2.05) is 0 Å². The molecule has 2 fully saturated rings. The summed E-state index contributed by atoms with van der Waals surface area (Å²) < 4.78 is 10.4. The molecule has 2 heterocycles. The van der Waals surface area contributed by atoms with Crippen molar-refractivity contribution in [3.8, 4) is 0 Å². The minimum Gasteiger partial charge on any atom is -0.479 e. The number of hydrogen-bond donors (Lipinski definition) is 2. The lowest BCUT2D eigenvalue weighted by Gasteiger charge is -2.11. The molecule has 1 aliphatic heterocycles. The SMILES string of the molecule is O=C(NCC1CCC(C(=O)O)O1)c1cc(C2CC2)on1. The van der Waals surface area contributed by atoms with Gasteiger partial charge in [-0.3, -0.25) is 4.79 Å². The third-order valence-corrected chi connectivity index (χ3v) is 3.61. The molecule has 2 N–H and O–H groups in total. The lowest BCUT2D eigenvalue weighted by Crippen LogP contribution is -2.33. The Hall–Kier alpha value is -1.89. The first-order valence-corrected chi connectivity index (χ1v) is 6.76. The van der Waals surface area contributed by atoms with Crippen molar-refractivity contribution in [1.29, 1.82) is 0 Å². The maximum atomic E-state index is 11.9. The lowest BCUT2D eigenvalue weighted by atomic mass is 10.2. The summed E-state index contributed by atoms with van der Waals surface area (Å²) in [6.45, 7) is 0.286. The van der Waals surface area contributed by atoms with Gasteiger partial charge in [0.15, 0.2) is 11.8 Å². The van der Waals surface area contributed by atoms with E-state index in [2.05, 4.69) is 10.5 Å². The lowest BCUT2D eigenvalue weighted by molar-refractivity contribution is -0.149. The molecule has 0 bridgehead atoms. The first-order valence-electron chi connectivity index (χ1n) is 6.76. The van der Waals surface area contributed by atoms with Crippen molar-refractivity contribution in [3.05, 3.63) is 17.5 Å². The van der Waals surface area contributed by atoms with Crippen LogP contribution in [-0.4, -0.2) is 40.9 Å². The molecule has 1 aromatic heterocycles. The van der Waals surface area contributed by atoms with Crippen molar-refractivity contribution in [2.75, 3.05) is 6.54 Å². The Labute approximate surface area is 115 Å². The van der Waals surface area contributed by atoms with Gasteiger partial charge < -0.3 is 19.7 Å². The number of carbonyl (C=O) groups is 2. The molecule has 1 saturated heterocycles. The number of ether oxygens (including phenoxy) is 1. The van der Waals surface area contributed by atoms with Gasteiger partial charge in [0.2, 0.25) is 0 Å². The minimum atomic E-state index is -0.954. The molecule has 1 amide bonds. The van der Waals surface area contributed by atoms with E-state index >= 15 is 0 Å². The molecule has 0 spiro atoms. The highest BCUT2D eigenvalue weighted by Gasteiger charge is 2.31. The predicted octanol–water partition coefficient (Wildman–Crippen LogP) is 0.914. The summed E-state index contributed by atoms with van der Waals surface area (Å²) in [4.78, 5) is 22.6. The van der Waals surface area contributed by atoms with Gasteiger partial charge in [0.1, 0.15) is 5.76 Å². The molecular weight excluding hydrogens is 264 g/mol. The van der Waals surface area contributed by atoms with E-state index in [9.17, 15) is 9.59 Å². The van der Waals surface area contributed by atoms with Crippen LogP contribution in [0.5, 0.6) is 0 Å². The third-order valence-electron chi connectivity index (χ3n) is 3.61. The molecule has 2 unspecified atom stereocenters. The number of carboxylic acid groups (broad SMARTS) is 1. The zero-order valence-corrected chi connectivity index (χ0v) is 10.9. The number of hydrogen-bond acceptors (Lipinski definition) is 5. The first kappa shape index (κ1) is 13.1. The summed E-state index contributed by atoms with van der Waals surface area (Å²) >= 11 is 0. The van der Waals surface area contributed by atoms with Crippen molar-refractivity contribution in [1.82, 2.24) is 10.5 Å². The Kier molecular flexibility index (Phi) is 3.43. The average molecular weight is 280 g/mol. The van der Waals surface area contributed by atoms with Gasteiger partial charge in [-0.2, -0.15) is 0 Å². The van der Waals surface area contributed by atoms with E-state index in [0.29, 0.717) is 18.8 Å². The van der Waals surface area contributed by atoms with Gasteiger partial charge in [-0.1, -0.05) is 5.16 Å². The number of carbonyl (C=O) groups excluding carboxylic acids is 1. The van der Waals surface area contributed by atoms with Crippen LogP contribution in [0.25, 0.3) is 0 Å². The van der Waals surface area contributed by atoms with Crippen LogP contribution in [-0.2, 0) is 9.53 Å². The van der Waals surface area contributed by atoms with E-state index in [1.54, 1.807) is 6.07 Å². The van der Waals surface area contributed by atoms with Crippen molar-refractivity contribution in [3.63, 3.8) is 0 Å². The number of aliphatic carboxylic acids is 1. The number of nitrogens with zero attached hydrogens (tertiary/aromatic N) is 1. The summed E-state index contributed by atoms with van der Waals surface area (Å²) in [6.07, 6.45) is 2.26. The second-order valence-corrected chi connectivity index (χ2v) is 5.26. The molecule has 108 valence electrons. The highest BCUT2D eigenvalue weighted by Crippen LogP contribution is 2.40. The second kappa shape index (κ2) is 5.24. The highest BCUT2D eigenvalue weighted by molar-refractivity contribution is 5.92. The summed E-state index contributed by atoms with van der Waals surface area (Å²) in [6, 6.07) is 1.67. The van der Waals surface area contributed by atoms with E-state index < -0.39 is 12.1 Å². The fraction of sp³-hybridized carbons (Fsp3) is 0.615. The largest absolute Gasteiger partial charge is 0.479 e. The molecule has 3 rings (SSSR count). The van der Waals surface area contributed by atoms with E-state index in [1.165, 1.54) is 0 Å². The zero-order valence-electron chi connectivity index (χ0n) is 10.9. The predicted molar refractivity (Wildman–Crippen MR) is 66.3 cm³/mol. The number of nitrogens with one attached hydrogen (secondary N) is 1. The van der Waals surface area contributed by atoms with Gasteiger partial charge in [0, 0.05) is 18.5 Å². The van der Waals surface area contributed by atoms with E-state index in [4.69, 9.17) is 14.4 Å². The fourth-order valence-corrected chi connectivity index (χ4v) is 2.29. The molecule has 20 heavy (non-hydrogen) atoms. The van der Waals surface area contributed by atoms with Gasteiger partial charge in [-0.15, -0.1) is 0 Å². The Morgan fingerprint density at radius 2 is 2.15 bits per heavy atom. The van der Waals surface area contributed by atoms with Crippen LogP contribution < -0.4 is 5.32 Å². The van der Waals surface area contributed by atoms with Crippen molar-refractivity contribution in [2.45, 2.75) is 43.8 Å². The molecule has 1 aromatic rings. The average Bonchev–Trinajstić information content (AvgIpc) is 2.98.